The lowest BCUT2D eigenvalue weighted by molar-refractivity contribution is 0.202. The zero-order valence-electron chi connectivity index (χ0n) is 15.3. The van der Waals surface area contributed by atoms with E-state index in [1.54, 1.807) is 24.6 Å². The summed E-state index contributed by atoms with van der Waals surface area (Å²) < 4.78 is 10.7. The minimum Gasteiger partial charge on any atom is -0.383 e. The molecule has 0 spiro atoms. The average Bonchev–Trinajstić information content (AvgIpc) is 3.44. The first-order valence-corrected chi connectivity index (χ1v) is 10.0. The molecule has 8 heteroatoms. The van der Waals surface area contributed by atoms with Gasteiger partial charge < -0.3 is 14.6 Å². The number of pyridine rings is 1. The highest BCUT2D eigenvalue weighted by Gasteiger charge is 2.31. The number of aromatic nitrogens is 3. The minimum atomic E-state index is 0.176. The molecule has 1 unspecified atom stereocenters. The third-order valence-electron chi connectivity index (χ3n) is 4.68. The second kappa shape index (κ2) is 8.60. The molecule has 0 bridgehead atoms. The molecule has 142 valence electrons. The van der Waals surface area contributed by atoms with Gasteiger partial charge in [0.25, 0.3) is 0 Å². The Morgan fingerprint density at radius 1 is 1.37 bits per heavy atom. The Hall–Kier alpha value is -2.29. The van der Waals surface area contributed by atoms with Crippen LogP contribution in [0.4, 0.5) is 5.82 Å². The molecule has 27 heavy (non-hydrogen) atoms. The van der Waals surface area contributed by atoms with Gasteiger partial charge in [0.15, 0.2) is 0 Å². The van der Waals surface area contributed by atoms with Crippen LogP contribution < -0.4 is 5.32 Å². The average molecular weight is 385 g/mol. The van der Waals surface area contributed by atoms with Crippen LogP contribution >= 0.6 is 11.3 Å². The fourth-order valence-corrected chi connectivity index (χ4v) is 4.11. The Kier molecular flexibility index (Phi) is 5.76. The summed E-state index contributed by atoms with van der Waals surface area (Å²) >= 11 is 1.79. The Bertz CT molecular complexity index is 851. The number of methoxy groups -OCH3 is 1. The molecule has 3 aromatic heterocycles. The lowest BCUT2D eigenvalue weighted by Crippen LogP contribution is -2.22. The van der Waals surface area contributed by atoms with Crippen LogP contribution in [-0.2, 0) is 11.3 Å². The second-order valence-electron chi connectivity index (χ2n) is 6.48. The molecule has 0 aromatic carbocycles. The van der Waals surface area contributed by atoms with E-state index in [0.717, 1.165) is 37.3 Å². The molecular formula is C19H23N5O2S. The van der Waals surface area contributed by atoms with Crippen molar-refractivity contribution in [2.24, 2.45) is 0 Å². The van der Waals surface area contributed by atoms with Crippen molar-refractivity contribution in [2.45, 2.75) is 25.4 Å². The number of thiophene rings is 1. The zero-order valence-corrected chi connectivity index (χ0v) is 16.1. The van der Waals surface area contributed by atoms with Gasteiger partial charge in [-0.05, 0) is 43.0 Å². The first-order chi connectivity index (χ1) is 13.3. The standard InChI is InChI=1S/C19H23N5O2S/c1-25-11-9-21-17-15(6-2-8-20-17)18-22-19(26-23-18)16-7-3-10-24(16)13-14-5-4-12-27-14/h2,4-6,8,12,16H,3,7,9-11,13H2,1H3,(H,20,21). The van der Waals surface area contributed by atoms with E-state index in [9.17, 15) is 0 Å². The fourth-order valence-electron chi connectivity index (χ4n) is 3.38. The minimum absolute atomic E-state index is 0.176. The first-order valence-electron chi connectivity index (χ1n) is 9.13. The van der Waals surface area contributed by atoms with Crippen molar-refractivity contribution in [2.75, 3.05) is 32.1 Å². The summed E-state index contributed by atoms with van der Waals surface area (Å²) in [5, 5.41) is 9.61. The molecule has 1 aliphatic heterocycles. The van der Waals surface area contributed by atoms with Crippen molar-refractivity contribution >= 4 is 17.2 Å². The number of ether oxygens (including phenoxy) is 1. The van der Waals surface area contributed by atoms with Crippen molar-refractivity contribution in [1.82, 2.24) is 20.0 Å². The molecule has 4 heterocycles. The van der Waals surface area contributed by atoms with E-state index >= 15 is 0 Å². The predicted molar refractivity (Wildman–Crippen MR) is 105 cm³/mol. The Labute approximate surface area is 162 Å². The molecule has 0 radical (unpaired) electrons. The number of hydrogen-bond acceptors (Lipinski definition) is 8. The van der Waals surface area contributed by atoms with Gasteiger partial charge in [-0.25, -0.2) is 4.98 Å². The van der Waals surface area contributed by atoms with Crippen molar-refractivity contribution in [3.63, 3.8) is 0 Å². The van der Waals surface area contributed by atoms with Gasteiger partial charge in [-0.1, -0.05) is 11.2 Å². The Morgan fingerprint density at radius 3 is 3.19 bits per heavy atom. The zero-order chi connectivity index (χ0) is 18.5. The molecule has 1 fully saturated rings. The van der Waals surface area contributed by atoms with E-state index in [4.69, 9.17) is 14.2 Å². The Morgan fingerprint density at radius 2 is 2.33 bits per heavy atom. The van der Waals surface area contributed by atoms with Crippen LogP contribution in [-0.4, -0.2) is 46.8 Å². The van der Waals surface area contributed by atoms with Gasteiger partial charge in [-0.3, -0.25) is 4.90 Å². The van der Waals surface area contributed by atoms with Gasteiger partial charge in [-0.2, -0.15) is 4.98 Å². The molecule has 1 atom stereocenters. The molecule has 0 aliphatic carbocycles. The molecule has 7 nitrogen and oxygen atoms in total. The number of likely N-dealkylation sites (tertiary alicyclic amines) is 1. The van der Waals surface area contributed by atoms with Crippen LogP contribution in [0.3, 0.4) is 0 Å². The number of hydrogen-bond donors (Lipinski definition) is 1. The normalized spacial score (nSPS) is 17.4. The molecule has 3 aromatic rings. The molecule has 1 N–H and O–H groups in total. The van der Waals surface area contributed by atoms with Crippen LogP contribution in [0.2, 0.25) is 0 Å². The topological polar surface area (TPSA) is 76.3 Å². The third kappa shape index (κ3) is 4.18. The van der Waals surface area contributed by atoms with E-state index in [1.807, 2.05) is 12.1 Å². The third-order valence-corrected chi connectivity index (χ3v) is 5.54. The summed E-state index contributed by atoms with van der Waals surface area (Å²) in [6, 6.07) is 8.28. The van der Waals surface area contributed by atoms with Crippen LogP contribution in [0.15, 0.2) is 40.4 Å². The lowest BCUT2D eigenvalue weighted by Gasteiger charge is -2.20. The van der Waals surface area contributed by atoms with E-state index in [1.165, 1.54) is 4.88 Å². The molecule has 0 saturated carbocycles. The molecule has 0 amide bonds. The second-order valence-corrected chi connectivity index (χ2v) is 7.52. The molecular weight excluding hydrogens is 362 g/mol. The molecule has 1 saturated heterocycles. The van der Waals surface area contributed by atoms with Gasteiger partial charge >= 0.3 is 0 Å². The van der Waals surface area contributed by atoms with Gasteiger partial charge in [-0.15, -0.1) is 11.3 Å². The van der Waals surface area contributed by atoms with E-state index in [0.29, 0.717) is 24.9 Å². The quantitative estimate of drug-likeness (QED) is 0.594. The maximum atomic E-state index is 5.65. The van der Waals surface area contributed by atoms with Crippen molar-refractivity contribution in [3.05, 3.63) is 46.6 Å². The number of anilines is 1. The first kappa shape index (κ1) is 18.1. The summed E-state index contributed by atoms with van der Waals surface area (Å²) in [6.07, 6.45) is 3.93. The largest absolute Gasteiger partial charge is 0.383 e. The summed E-state index contributed by atoms with van der Waals surface area (Å²) in [6.45, 7) is 3.25. The van der Waals surface area contributed by atoms with Crippen LogP contribution in [0, 0.1) is 0 Å². The smallest absolute Gasteiger partial charge is 0.244 e. The number of rotatable bonds is 8. The van der Waals surface area contributed by atoms with Crippen LogP contribution in [0.5, 0.6) is 0 Å². The van der Waals surface area contributed by atoms with Gasteiger partial charge in [0.05, 0.1) is 18.2 Å². The molecule has 1 aliphatic rings. The highest BCUT2D eigenvalue weighted by Crippen LogP contribution is 2.34. The summed E-state index contributed by atoms with van der Waals surface area (Å²) in [5.41, 5.74) is 0.839. The van der Waals surface area contributed by atoms with Gasteiger partial charge in [0, 0.05) is 31.3 Å². The molecule has 4 rings (SSSR count). The predicted octanol–water partition coefficient (Wildman–Crippen LogP) is 3.59. The summed E-state index contributed by atoms with van der Waals surface area (Å²) in [5.74, 6) is 2.00. The van der Waals surface area contributed by atoms with Crippen LogP contribution in [0.1, 0.15) is 29.7 Å². The van der Waals surface area contributed by atoms with Crippen LogP contribution in [0.25, 0.3) is 11.4 Å². The van der Waals surface area contributed by atoms with E-state index in [2.05, 4.69) is 37.9 Å². The number of nitrogens with zero attached hydrogens (tertiary/aromatic N) is 4. The van der Waals surface area contributed by atoms with Gasteiger partial charge in [0.1, 0.15) is 5.82 Å². The highest BCUT2D eigenvalue weighted by atomic mass is 32.1. The fraction of sp³-hybridized carbons (Fsp3) is 0.421. The van der Waals surface area contributed by atoms with Crippen molar-refractivity contribution in [3.8, 4) is 11.4 Å². The highest BCUT2D eigenvalue weighted by molar-refractivity contribution is 7.09. The van der Waals surface area contributed by atoms with Crippen molar-refractivity contribution in [1.29, 1.82) is 0 Å². The lowest BCUT2D eigenvalue weighted by atomic mass is 10.2. The van der Waals surface area contributed by atoms with E-state index in [-0.39, 0.29) is 6.04 Å². The maximum Gasteiger partial charge on any atom is 0.244 e. The number of nitrogens with one attached hydrogen (secondary N) is 1. The van der Waals surface area contributed by atoms with Crippen molar-refractivity contribution < 1.29 is 9.26 Å². The monoisotopic (exact) mass is 385 g/mol. The van der Waals surface area contributed by atoms with E-state index < -0.39 is 0 Å². The summed E-state index contributed by atoms with van der Waals surface area (Å²) in [4.78, 5) is 12.9. The van der Waals surface area contributed by atoms with Gasteiger partial charge in [0.2, 0.25) is 11.7 Å². The SMILES string of the molecule is COCCNc1ncccc1-c1noc(C2CCCN2Cc2cccs2)n1. The Balaban J connectivity index is 1.51. The maximum absolute atomic E-state index is 5.65. The summed E-state index contributed by atoms with van der Waals surface area (Å²) in [7, 11) is 1.68.